The van der Waals surface area contributed by atoms with Crippen LogP contribution in [0.1, 0.15) is 37.2 Å². The van der Waals surface area contributed by atoms with Crippen LogP contribution in [0.15, 0.2) is 36.5 Å². The minimum atomic E-state index is -0.448. The van der Waals surface area contributed by atoms with E-state index in [0.29, 0.717) is 17.3 Å². The van der Waals surface area contributed by atoms with Crippen LogP contribution in [0.3, 0.4) is 0 Å². The Morgan fingerprint density at radius 3 is 2.78 bits per heavy atom. The van der Waals surface area contributed by atoms with Crippen molar-refractivity contribution in [2.45, 2.75) is 32.7 Å². The number of piperidine rings is 1. The Kier molecular flexibility index (Phi) is 5.85. The molecule has 0 bridgehead atoms. The topological polar surface area (TPSA) is 93.3 Å². The number of amides is 1. The standard InChI is InChI=1S/C19H25N5O3/c1-14-4-3-10-22(12-14)13-15(2)20-19(25)18-9-11-23(21-18)16-5-7-17(8-6-16)24(26)27/h5-9,11,14-15H,3-4,10,12-13H2,1-2H3,(H,20,25). The first kappa shape index (κ1) is 19.0. The smallest absolute Gasteiger partial charge is 0.272 e. The summed E-state index contributed by atoms with van der Waals surface area (Å²) in [5.41, 5.74) is 1.01. The zero-order valence-electron chi connectivity index (χ0n) is 15.7. The summed E-state index contributed by atoms with van der Waals surface area (Å²) in [6.07, 6.45) is 4.16. The second-order valence-electron chi connectivity index (χ2n) is 7.30. The second kappa shape index (κ2) is 8.30. The number of hydrogen-bond acceptors (Lipinski definition) is 5. The van der Waals surface area contributed by atoms with Crippen molar-refractivity contribution in [3.8, 4) is 5.69 Å². The van der Waals surface area contributed by atoms with Gasteiger partial charge in [-0.25, -0.2) is 4.68 Å². The first-order valence-corrected chi connectivity index (χ1v) is 9.26. The Bertz CT molecular complexity index is 802. The van der Waals surface area contributed by atoms with E-state index in [1.54, 1.807) is 24.4 Å². The molecule has 0 saturated carbocycles. The fraction of sp³-hybridized carbons (Fsp3) is 0.474. The number of benzene rings is 1. The molecule has 1 aromatic carbocycles. The number of nitrogens with zero attached hydrogens (tertiary/aromatic N) is 4. The molecular weight excluding hydrogens is 346 g/mol. The van der Waals surface area contributed by atoms with Crippen molar-refractivity contribution in [3.05, 3.63) is 52.3 Å². The Balaban J connectivity index is 1.58. The van der Waals surface area contributed by atoms with E-state index >= 15 is 0 Å². The molecule has 2 heterocycles. The van der Waals surface area contributed by atoms with Crippen LogP contribution in [-0.4, -0.2) is 51.2 Å². The predicted molar refractivity (Wildman–Crippen MR) is 102 cm³/mol. The highest BCUT2D eigenvalue weighted by molar-refractivity contribution is 5.92. The largest absolute Gasteiger partial charge is 0.347 e. The fourth-order valence-corrected chi connectivity index (χ4v) is 3.50. The average molecular weight is 371 g/mol. The first-order chi connectivity index (χ1) is 12.9. The van der Waals surface area contributed by atoms with Gasteiger partial charge in [-0.2, -0.15) is 5.10 Å². The van der Waals surface area contributed by atoms with Gasteiger partial charge in [0.25, 0.3) is 11.6 Å². The molecule has 27 heavy (non-hydrogen) atoms. The molecule has 2 unspecified atom stereocenters. The van der Waals surface area contributed by atoms with Gasteiger partial charge in [0.15, 0.2) is 5.69 Å². The van der Waals surface area contributed by atoms with E-state index in [0.717, 1.165) is 19.6 Å². The van der Waals surface area contributed by atoms with Crippen molar-refractivity contribution >= 4 is 11.6 Å². The van der Waals surface area contributed by atoms with Crippen LogP contribution in [0.4, 0.5) is 5.69 Å². The van der Waals surface area contributed by atoms with Crippen LogP contribution in [0.2, 0.25) is 0 Å². The normalized spacial score (nSPS) is 18.8. The van der Waals surface area contributed by atoms with Crippen LogP contribution in [0, 0.1) is 16.0 Å². The molecule has 0 radical (unpaired) electrons. The third-order valence-corrected chi connectivity index (χ3v) is 4.80. The summed E-state index contributed by atoms with van der Waals surface area (Å²) in [5.74, 6) is 0.493. The van der Waals surface area contributed by atoms with Crippen molar-refractivity contribution < 1.29 is 9.72 Å². The van der Waals surface area contributed by atoms with Crippen molar-refractivity contribution in [2.75, 3.05) is 19.6 Å². The number of rotatable bonds is 6. The molecule has 0 spiro atoms. The summed E-state index contributed by atoms with van der Waals surface area (Å²) in [7, 11) is 0. The van der Waals surface area contributed by atoms with E-state index in [4.69, 9.17) is 0 Å². The Labute approximate surface area is 158 Å². The number of nitro benzene ring substituents is 1. The van der Waals surface area contributed by atoms with Crippen molar-refractivity contribution in [1.82, 2.24) is 20.0 Å². The quantitative estimate of drug-likeness (QED) is 0.622. The molecule has 8 heteroatoms. The average Bonchev–Trinajstić information content (AvgIpc) is 3.12. The van der Waals surface area contributed by atoms with E-state index in [2.05, 4.69) is 22.2 Å². The highest BCUT2D eigenvalue weighted by atomic mass is 16.6. The van der Waals surface area contributed by atoms with Crippen molar-refractivity contribution in [1.29, 1.82) is 0 Å². The van der Waals surface area contributed by atoms with E-state index < -0.39 is 4.92 Å². The second-order valence-corrected chi connectivity index (χ2v) is 7.30. The maximum Gasteiger partial charge on any atom is 0.272 e. The molecule has 2 aromatic rings. The maximum absolute atomic E-state index is 12.5. The number of carbonyl (C=O) groups is 1. The van der Waals surface area contributed by atoms with Gasteiger partial charge in [0.05, 0.1) is 10.6 Å². The van der Waals surface area contributed by atoms with Gasteiger partial charge in [0.2, 0.25) is 0 Å². The van der Waals surface area contributed by atoms with Gasteiger partial charge in [0.1, 0.15) is 0 Å². The maximum atomic E-state index is 12.5. The number of non-ortho nitro benzene ring substituents is 1. The molecule has 1 saturated heterocycles. The van der Waals surface area contributed by atoms with Gasteiger partial charge in [-0.3, -0.25) is 14.9 Å². The molecule has 1 aliphatic rings. The molecule has 1 aromatic heterocycles. The van der Waals surface area contributed by atoms with Gasteiger partial charge in [-0.1, -0.05) is 6.92 Å². The molecule has 2 atom stereocenters. The Hall–Kier alpha value is -2.74. The zero-order valence-corrected chi connectivity index (χ0v) is 15.7. The number of carbonyl (C=O) groups excluding carboxylic acids is 1. The number of hydrogen-bond donors (Lipinski definition) is 1. The fourth-order valence-electron chi connectivity index (χ4n) is 3.50. The highest BCUT2D eigenvalue weighted by Gasteiger charge is 2.20. The molecule has 8 nitrogen and oxygen atoms in total. The van der Waals surface area contributed by atoms with Gasteiger partial charge in [-0.15, -0.1) is 0 Å². The van der Waals surface area contributed by atoms with Crippen LogP contribution < -0.4 is 5.32 Å². The lowest BCUT2D eigenvalue weighted by Crippen LogP contribution is -2.45. The van der Waals surface area contributed by atoms with Crippen LogP contribution >= 0.6 is 0 Å². The molecule has 1 N–H and O–H groups in total. The number of nitro groups is 1. The van der Waals surface area contributed by atoms with E-state index in [1.807, 2.05) is 6.92 Å². The SMILES string of the molecule is CC1CCCN(CC(C)NC(=O)c2ccn(-c3ccc([N+](=O)[O-])cc3)n2)C1. The third kappa shape index (κ3) is 4.91. The lowest BCUT2D eigenvalue weighted by atomic mass is 10.00. The third-order valence-electron chi connectivity index (χ3n) is 4.80. The van der Waals surface area contributed by atoms with E-state index in [-0.39, 0.29) is 17.6 Å². The monoisotopic (exact) mass is 371 g/mol. The first-order valence-electron chi connectivity index (χ1n) is 9.26. The van der Waals surface area contributed by atoms with E-state index in [9.17, 15) is 14.9 Å². The Morgan fingerprint density at radius 1 is 1.37 bits per heavy atom. The number of likely N-dealkylation sites (tertiary alicyclic amines) is 1. The molecule has 1 aliphatic heterocycles. The predicted octanol–water partition coefficient (Wildman–Crippen LogP) is 2.63. The lowest BCUT2D eigenvalue weighted by molar-refractivity contribution is -0.384. The van der Waals surface area contributed by atoms with Crippen molar-refractivity contribution in [2.24, 2.45) is 5.92 Å². The molecular formula is C19H25N5O3. The van der Waals surface area contributed by atoms with E-state index in [1.165, 1.54) is 29.7 Å². The van der Waals surface area contributed by atoms with Gasteiger partial charge < -0.3 is 10.2 Å². The van der Waals surface area contributed by atoms with Crippen LogP contribution in [0.25, 0.3) is 5.69 Å². The molecule has 144 valence electrons. The molecule has 1 fully saturated rings. The number of aromatic nitrogens is 2. The highest BCUT2D eigenvalue weighted by Crippen LogP contribution is 2.16. The summed E-state index contributed by atoms with van der Waals surface area (Å²) < 4.78 is 1.54. The summed E-state index contributed by atoms with van der Waals surface area (Å²) in [6, 6.07) is 7.72. The Morgan fingerprint density at radius 2 is 2.11 bits per heavy atom. The number of nitrogens with one attached hydrogen (secondary N) is 1. The summed E-state index contributed by atoms with van der Waals surface area (Å²) >= 11 is 0. The zero-order chi connectivity index (χ0) is 19.4. The van der Waals surface area contributed by atoms with Crippen LogP contribution in [-0.2, 0) is 0 Å². The molecule has 3 rings (SSSR count). The summed E-state index contributed by atoms with van der Waals surface area (Å²) in [5, 5.41) is 18.0. The lowest BCUT2D eigenvalue weighted by Gasteiger charge is -2.32. The minimum Gasteiger partial charge on any atom is -0.347 e. The van der Waals surface area contributed by atoms with Crippen molar-refractivity contribution in [3.63, 3.8) is 0 Å². The van der Waals surface area contributed by atoms with Crippen LogP contribution in [0.5, 0.6) is 0 Å². The minimum absolute atomic E-state index is 0.0183. The van der Waals surface area contributed by atoms with Gasteiger partial charge in [-0.05, 0) is 50.4 Å². The van der Waals surface area contributed by atoms with Gasteiger partial charge >= 0.3 is 0 Å². The molecule has 1 amide bonds. The summed E-state index contributed by atoms with van der Waals surface area (Å²) in [6.45, 7) is 7.26. The van der Waals surface area contributed by atoms with Gasteiger partial charge in [0, 0.05) is 37.5 Å². The molecule has 0 aliphatic carbocycles. The summed E-state index contributed by atoms with van der Waals surface area (Å²) in [4.78, 5) is 25.1.